The molecule has 17 heavy (non-hydrogen) atoms. The predicted octanol–water partition coefficient (Wildman–Crippen LogP) is 1.88. The molecule has 0 aromatic carbocycles. The Balaban J connectivity index is 2.17. The van der Waals surface area contributed by atoms with E-state index >= 15 is 0 Å². The standard InChI is InChI=1S/C12H12N2O2S/c1-7-3-5-17-10(7)11-13-9-2-4-16-6-8(9)12(15)14-11/h3,5H,2,4,6H2,1H3,(H,13,14,15). The molecule has 4 nitrogen and oxygen atoms in total. The minimum atomic E-state index is -0.0718. The van der Waals surface area contributed by atoms with Gasteiger partial charge in [-0.1, -0.05) is 0 Å². The molecular formula is C12H12N2O2S. The Morgan fingerprint density at radius 2 is 2.41 bits per heavy atom. The fraction of sp³-hybridized carbons (Fsp3) is 0.333. The monoisotopic (exact) mass is 248 g/mol. The number of rotatable bonds is 1. The SMILES string of the molecule is Cc1ccsc1-c1nc2c(c(=O)[nH]1)COCC2. The van der Waals surface area contributed by atoms with Crippen LogP contribution in [-0.4, -0.2) is 16.6 Å². The molecule has 0 unspecified atom stereocenters. The zero-order valence-corrected chi connectivity index (χ0v) is 10.3. The van der Waals surface area contributed by atoms with Crippen molar-refractivity contribution in [1.82, 2.24) is 9.97 Å². The molecule has 0 amide bonds. The number of ether oxygens (including phenoxy) is 1. The predicted molar refractivity (Wildman–Crippen MR) is 66.3 cm³/mol. The summed E-state index contributed by atoms with van der Waals surface area (Å²) in [6.07, 6.45) is 0.719. The largest absolute Gasteiger partial charge is 0.376 e. The lowest BCUT2D eigenvalue weighted by atomic mass is 10.1. The van der Waals surface area contributed by atoms with E-state index < -0.39 is 0 Å². The Bertz CT molecular complexity index is 615. The molecule has 2 aromatic heterocycles. The van der Waals surface area contributed by atoms with Gasteiger partial charge in [-0.25, -0.2) is 4.98 Å². The van der Waals surface area contributed by atoms with E-state index in [4.69, 9.17) is 4.74 Å². The van der Waals surface area contributed by atoms with Crippen LogP contribution in [0.3, 0.4) is 0 Å². The quantitative estimate of drug-likeness (QED) is 0.838. The Kier molecular flexibility index (Phi) is 2.57. The summed E-state index contributed by atoms with van der Waals surface area (Å²) in [5, 5.41) is 2.01. The number of H-pyrrole nitrogens is 1. The maximum atomic E-state index is 11.9. The van der Waals surface area contributed by atoms with E-state index in [0.717, 1.165) is 22.6 Å². The van der Waals surface area contributed by atoms with Gasteiger partial charge in [0.15, 0.2) is 5.82 Å². The van der Waals surface area contributed by atoms with Crippen LogP contribution >= 0.6 is 11.3 Å². The fourth-order valence-corrected chi connectivity index (χ4v) is 2.84. The van der Waals surface area contributed by atoms with Crippen molar-refractivity contribution >= 4 is 11.3 Å². The van der Waals surface area contributed by atoms with Gasteiger partial charge < -0.3 is 9.72 Å². The molecule has 3 heterocycles. The van der Waals surface area contributed by atoms with Crippen LogP contribution in [0.1, 0.15) is 16.8 Å². The van der Waals surface area contributed by atoms with Gasteiger partial charge in [-0.15, -0.1) is 11.3 Å². The highest BCUT2D eigenvalue weighted by Crippen LogP contribution is 2.26. The highest BCUT2D eigenvalue weighted by molar-refractivity contribution is 7.13. The Morgan fingerprint density at radius 3 is 3.18 bits per heavy atom. The molecule has 0 atom stereocenters. The van der Waals surface area contributed by atoms with E-state index in [0.29, 0.717) is 24.6 Å². The number of fused-ring (bicyclic) bond motifs is 1. The summed E-state index contributed by atoms with van der Waals surface area (Å²) < 4.78 is 5.27. The van der Waals surface area contributed by atoms with Crippen molar-refractivity contribution in [2.24, 2.45) is 0 Å². The Labute approximate surface area is 102 Å². The molecule has 0 saturated heterocycles. The second kappa shape index (κ2) is 4.09. The number of nitrogens with one attached hydrogen (secondary N) is 1. The van der Waals surface area contributed by atoms with Gasteiger partial charge in [-0.05, 0) is 23.9 Å². The molecule has 3 rings (SSSR count). The van der Waals surface area contributed by atoms with E-state index in [1.165, 1.54) is 0 Å². The third kappa shape index (κ3) is 1.81. The molecule has 0 bridgehead atoms. The van der Waals surface area contributed by atoms with Crippen LogP contribution in [0.15, 0.2) is 16.2 Å². The Hall–Kier alpha value is -1.46. The summed E-state index contributed by atoms with van der Waals surface area (Å²) in [5.74, 6) is 0.683. The van der Waals surface area contributed by atoms with Gasteiger partial charge in [0.25, 0.3) is 5.56 Å². The summed E-state index contributed by atoms with van der Waals surface area (Å²) in [5.41, 5.74) is 2.62. The van der Waals surface area contributed by atoms with Crippen molar-refractivity contribution in [2.75, 3.05) is 6.61 Å². The number of hydrogen-bond donors (Lipinski definition) is 1. The van der Waals surface area contributed by atoms with Gasteiger partial charge in [-0.2, -0.15) is 0 Å². The van der Waals surface area contributed by atoms with E-state index in [-0.39, 0.29) is 5.56 Å². The van der Waals surface area contributed by atoms with Crippen LogP contribution in [0.2, 0.25) is 0 Å². The van der Waals surface area contributed by atoms with Gasteiger partial charge in [0, 0.05) is 6.42 Å². The molecule has 88 valence electrons. The summed E-state index contributed by atoms with van der Waals surface area (Å²) in [7, 11) is 0. The van der Waals surface area contributed by atoms with E-state index in [1.54, 1.807) is 11.3 Å². The molecule has 1 aliphatic rings. The van der Waals surface area contributed by atoms with Crippen molar-refractivity contribution < 1.29 is 4.74 Å². The molecule has 0 fully saturated rings. The lowest BCUT2D eigenvalue weighted by Crippen LogP contribution is -2.24. The maximum absolute atomic E-state index is 11.9. The first kappa shape index (κ1) is 10.7. The zero-order chi connectivity index (χ0) is 11.8. The lowest BCUT2D eigenvalue weighted by Gasteiger charge is -2.15. The number of nitrogens with zero attached hydrogens (tertiary/aromatic N) is 1. The first-order valence-corrected chi connectivity index (χ1v) is 6.38. The van der Waals surface area contributed by atoms with Gasteiger partial charge in [0.2, 0.25) is 0 Å². The minimum absolute atomic E-state index is 0.0718. The van der Waals surface area contributed by atoms with E-state index in [9.17, 15) is 4.79 Å². The highest BCUT2D eigenvalue weighted by atomic mass is 32.1. The van der Waals surface area contributed by atoms with Crippen molar-refractivity contribution in [3.63, 3.8) is 0 Å². The van der Waals surface area contributed by atoms with Crippen LogP contribution in [0.25, 0.3) is 10.7 Å². The lowest BCUT2D eigenvalue weighted by molar-refractivity contribution is 0.108. The first-order chi connectivity index (χ1) is 8.25. The molecule has 0 aliphatic carbocycles. The first-order valence-electron chi connectivity index (χ1n) is 5.50. The third-order valence-corrected chi connectivity index (χ3v) is 3.93. The van der Waals surface area contributed by atoms with Crippen molar-refractivity contribution in [1.29, 1.82) is 0 Å². The van der Waals surface area contributed by atoms with Crippen LogP contribution in [0.4, 0.5) is 0 Å². The normalized spacial score (nSPS) is 14.6. The smallest absolute Gasteiger partial charge is 0.256 e. The average Bonchev–Trinajstić information content (AvgIpc) is 2.75. The molecule has 5 heteroatoms. The molecule has 1 aliphatic heterocycles. The number of aromatic nitrogens is 2. The Morgan fingerprint density at radius 1 is 1.53 bits per heavy atom. The van der Waals surface area contributed by atoms with Crippen molar-refractivity contribution in [3.05, 3.63) is 38.6 Å². The van der Waals surface area contributed by atoms with E-state index in [1.807, 2.05) is 18.4 Å². The van der Waals surface area contributed by atoms with Gasteiger partial charge >= 0.3 is 0 Å². The van der Waals surface area contributed by atoms with Gasteiger partial charge in [0.05, 0.1) is 29.3 Å². The van der Waals surface area contributed by atoms with Crippen LogP contribution in [0, 0.1) is 6.92 Å². The van der Waals surface area contributed by atoms with Gasteiger partial charge in [0.1, 0.15) is 0 Å². The zero-order valence-electron chi connectivity index (χ0n) is 9.45. The number of hydrogen-bond acceptors (Lipinski definition) is 4. The number of thiophene rings is 1. The number of aromatic amines is 1. The fourth-order valence-electron chi connectivity index (χ4n) is 1.97. The van der Waals surface area contributed by atoms with Crippen molar-refractivity contribution in [3.8, 4) is 10.7 Å². The second-order valence-corrected chi connectivity index (χ2v) is 4.99. The highest BCUT2D eigenvalue weighted by Gasteiger charge is 2.17. The summed E-state index contributed by atoms with van der Waals surface area (Å²) in [6.45, 7) is 3.04. The maximum Gasteiger partial charge on any atom is 0.256 e. The summed E-state index contributed by atoms with van der Waals surface area (Å²) in [6, 6.07) is 2.03. The van der Waals surface area contributed by atoms with Crippen molar-refractivity contribution in [2.45, 2.75) is 20.0 Å². The summed E-state index contributed by atoms with van der Waals surface area (Å²) in [4.78, 5) is 20.4. The molecule has 1 N–H and O–H groups in total. The van der Waals surface area contributed by atoms with Crippen LogP contribution < -0.4 is 5.56 Å². The molecule has 0 radical (unpaired) electrons. The third-order valence-electron chi connectivity index (χ3n) is 2.91. The van der Waals surface area contributed by atoms with E-state index in [2.05, 4.69) is 9.97 Å². The number of aryl methyl sites for hydroxylation is 1. The van der Waals surface area contributed by atoms with Gasteiger partial charge in [-0.3, -0.25) is 4.79 Å². The molecule has 0 spiro atoms. The van der Waals surface area contributed by atoms with Crippen LogP contribution in [-0.2, 0) is 17.8 Å². The summed E-state index contributed by atoms with van der Waals surface area (Å²) >= 11 is 1.60. The topological polar surface area (TPSA) is 55.0 Å². The second-order valence-electron chi connectivity index (χ2n) is 4.08. The molecule has 2 aromatic rings. The molecular weight excluding hydrogens is 236 g/mol. The van der Waals surface area contributed by atoms with Crippen LogP contribution in [0.5, 0.6) is 0 Å². The average molecular weight is 248 g/mol. The minimum Gasteiger partial charge on any atom is -0.376 e. The molecule has 0 saturated carbocycles.